The van der Waals surface area contributed by atoms with E-state index in [9.17, 15) is 0 Å². The van der Waals surface area contributed by atoms with Gasteiger partial charge in [0.2, 0.25) is 0 Å². The molecule has 1 aliphatic carbocycles. The maximum absolute atomic E-state index is 6.21. The minimum absolute atomic E-state index is 0.809. The normalized spacial score (nSPS) is 15.7. The zero-order chi connectivity index (χ0) is 11.5. The van der Waals surface area contributed by atoms with Crippen LogP contribution >= 0.6 is 11.6 Å². The smallest absolute Gasteiger partial charge is 0.0786 e. The third kappa shape index (κ3) is 2.43. The predicted molar refractivity (Wildman–Crippen MR) is 71.6 cm³/mol. The Bertz CT molecular complexity index is 359. The molecule has 1 fully saturated rings. The van der Waals surface area contributed by atoms with Gasteiger partial charge in [-0.1, -0.05) is 24.1 Å². The van der Waals surface area contributed by atoms with E-state index in [0.717, 1.165) is 28.9 Å². The Morgan fingerprint density at radius 3 is 2.69 bits per heavy atom. The maximum atomic E-state index is 6.21. The molecule has 1 aromatic rings. The van der Waals surface area contributed by atoms with Crippen LogP contribution < -0.4 is 10.2 Å². The molecular weight excluding hydrogens is 220 g/mol. The molecule has 0 radical (unpaired) electrons. The first-order valence-corrected chi connectivity index (χ1v) is 6.26. The number of anilines is 2. The second kappa shape index (κ2) is 4.96. The molecule has 0 unspecified atom stereocenters. The van der Waals surface area contributed by atoms with E-state index in [0.29, 0.717) is 0 Å². The van der Waals surface area contributed by atoms with Gasteiger partial charge >= 0.3 is 0 Å². The van der Waals surface area contributed by atoms with E-state index in [4.69, 9.17) is 11.6 Å². The van der Waals surface area contributed by atoms with Gasteiger partial charge in [0, 0.05) is 20.6 Å². The Hall–Kier alpha value is -0.890. The van der Waals surface area contributed by atoms with Crippen LogP contribution in [-0.4, -0.2) is 20.6 Å². The van der Waals surface area contributed by atoms with Crippen molar-refractivity contribution in [3.63, 3.8) is 0 Å². The maximum Gasteiger partial charge on any atom is 0.0786 e. The number of rotatable bonds is 4. The fourth-order valence-electron chi connectivity index (χ4n) is 2.06. The van der Waals surface area contributed by atoms with Crippen molar-refractivity contribution in [2.45, 2.75) is 19.3 Å². The van der Waals surface area contributed by atoms with Crippen molar-refractivity contribution in [2.75, 3.05) is 30.9 Å². The summed E-state index contributed by atoms with van der Waals surface area (Å²) in [5, 5.41) is 4.32. The van der Waals surface area contributed by atoms with E-state index in [2.05, 4.69) is 16.3 Å². The van der Waals surface area contributed by atoms with Crippen molar-refractivity contribution in [3.05, 3.63) is 23.2 Å². The molecule has 0 amide bonds. The number of hydrogen-bond donors (Lipinski definition) is 1. The Kier molecular flexibility index (Phi) is 3.59. The highest BCUT2D eigenvalue weighted by atomic mass is 35.5. The molecule has 0 atom stereocenters. The predicted octanol–water partition coefficient (Wildman–Crippen LogP) is 3.62. The van der Waals surface area contributed by atoms with Crippen molar-refractivity contribution >= 4 is 23.0 Å². The van der Waals surface area contributed by atoms with E-state index >= 15 is 0 Å². The SMILES string of the molecule is CN(C)c1c(Cl)cccc1NCC1CCC1. The first kappa shape index (κ1) is 11.6. The molecule has 0 heterocycles. The van der Waals surface area contributed by atoms with Gasteiger partial charge in [0.1, 0.15) is 0 Å². The molecule has 1 aliphatic rings. The molecule has 0 saturated heterocycles. The summed E-state index contributed by atoms with van der Waals surface area (Å²) in [4.78, 5) is 2.06. The Morgan fingerprint density at radius 1 is 1.38 bits per heavy atom. The zero-order valence-corrected chi connectivity index (χ0v) is 10.7. The summed E-state index contributed by atoms with van der Waals surface area (Å²) < 4.78 is 0. The van der Waals surface area contributed by atoms with Gasteiger partial charge < -0.3 is 10.2 Å². The molecule has 2 rings (SSSR count). The van der Waals surface area contributed by atoms with Gasteiger partial charge in [-0.05, 0) is 30.9 Å². The average Bonchev–Trinajstić information content (AvgIpc) is 2.14. The third-order valence-electron chi connectivity index (χ3n) is 3.24. The third-order valence-corrected chi connectivity index (χ3v) is 3.54. The van der Waals surface area contributed by atoms with Crippen LogP contribution in [0.15, 0.2) is 18.2 Å². The monoisotopic (exact) mass is 238 g/mol. The Labute approximate surface area is 103 Å². The topological polar surface area (TPSA) is 15.3 Å². The summed E-state index contributed by atoms with van der Waals surface area (Å²) in [7, 11) is 4.05. The first-order chi connectivity index (χ1) is 7.68. The molecule has 3 heteroatoms. The van der Waals surface area contributed by atoms with Gasteiger partial charge in [0.25, 0.3) is 0 Å². The number of para-hydroxylation sites is 1. The minimum atomic E-state index is 0.809. The summed E-state index contributed by atoms with van der Waals surface area (Å²) in [5.41, 5.74) is 2.23. The van der Waals surface area contributed by atoms with Crippen molar-refractivity contribution in [2.24, 2.45) is 5.92 Å². The van der Waals surface area contributed by atoms with E-state index in [1.165, 1.54) is 19.3 Å². The zero-order valence-electron chi connectivity index (χ0n) is 9.96. The fraction of sp³-hybridized carbons (Fsp3) is 0.538. The van der Waals surface area contributed by atoms with Crippen LogP contribution in [0.5, 0.6) is 0 Å². The van der Waals surface area contributed by atoms with E-state index in [-0.39, 0.29) is 0 Å². The summed E-state index contributed by atoms with van der Waals surface area (Å²) in [5.74, 6) is 0.856. The van der Waals surface area contributed by atoms with Crippen LogP contribution in [0.3, 0.4) is 0 Å². The van der Waals surface area contributed by atoms with E-state index in [1.54, 1.807) is 0 Å². The van der Waals surface area contributed by atoms with Gasteiger partial charge in [-0.25, -0.2) is 0 Å². The number of benzene rings is 1. The molecule has 16 heavy (non-hydrogen) atoms. The quantitative estimate of drug-likeness (QED) is 0.862. The molecule has 0 bridgehead atoms. The molecule has 1 saturated carbocycles. The lowest BCUT2D eigenvalue weighted by Gasteiger charge is -2.27. The summed E-state index contributed by atoms with van der Waals surface area (Å²) in [6.07, 6.45) is 4.12. The minimum Gasteiger partial charge on any atom is -0.383 e. The molecular formula is C13H19ClN2. The summed E-state index contributed by atoms with van der Waals surface area (Å²) in [6.45, 7) is 1.07. The highest BCUT2D eigenvalue weighted by Gasteiger charge is 2.17. The molecule has 0 aromatic heterocycles. The van der Waals surface area contributed by atoms with Gasteiger partial charge in [-0.15, -0.1) is 0 Å². The first-order valence-electron chi connectivity index (χ1n) is 5.88. The second-order valence-electron chi connectivity index (χ2n) is 4.71. The number of hydrogen-bond acceptors (Lipinski definition) is 2. The van der Waals surface area contributed by atoms with Crippen LogP contribution in [-0.2, 0) is 0 Å². The molecule has 1 N–H and O–H groups in total. The van der Waals surface area contributed by atoms with Crippen molar-refractivity contribution in [1.82, 2.24) is 0 Å². The van der Waals surface area contributed by atoms with Gasteiger partial charge in [-0.2, -0.15) is 0 Å². The molecule has 2 nitrogen and oxygen atoms in total. The highest BCUT2D eigenvalue weighted by Crippen LogP contribution is 2.33. The number of nitrogens with zero attached hydrogens (tertiary/aromatic N) is 1. The Balaban J connectivity index is 2.09. The number of nitrogens with one attached hydrogen (secondary N) is 1. The number of halogens is 1. The lowest BCUT2D eigenvalue weighted by molar-refractivity contribution is 0.333. The van der Waals surface area contributed by atoms with E-state index in [1.807, 2.05) is 26.2 Å². The van der Waals surface area contributed by atoms with Crippen LogP contribution in [0.4, 0.5) is 11.4 Å². The fourth-order valence-corrected chi connectivity index (χ4v) is 2.41. The lowest BCUT2D eigenvalue weighted by Crippen LogP contribution is -2.22. The largest absolute Gasteiger partial charge is 0.383 e. The van der Waals surface area contributed by atoms with Crippen molar-refractivity contribution in [3.8, 4) is 0 Å². The van der Waals surface area contributed by atoms with E-state index < -0.39 is 0 Å². The van der Waals surface area contributed by atoms with Gasteiger partial charge in [0.05, 0.1) is 16.4 Å². The molecule has 0 spiro atoms. The van der Waals surface area contributed by atoms with Crippen LogP contribution in [0.1, 0.15) is 19.3 Å². The molecule has 1 aromatic carbocycles. The van der Waals surface area contributed by atoms with Crippen LogP contribution in [0.25, 0.3) is 0 Å². The van der Waals surface area contributed by atoms with Crippen molar-refractivity contribution in [1.29, 1.82) is 0 Å². The van der Waals surface area contributed by atoms with Crippen molar-refractivity contribution < 1.29 is 0 Å². The average molecular weight is 239 g/mol. The van der Waals surface area contributed by atoms with Crippen LogP contribution in [0, 0.1) is 5.92 Å². The molecule has 0 aliphatic heterocycles. The van der Waals surface area contributed by atoms with Gasteiger partial charge in [0.15, 0.2) is 0 Å². The Morgan fingerprint density at radius 2 is 2.12 bits per heavy atom. The molecule has 88 valence electrons. The van der Waals surface area contributed by atoms with Gasteiger partial charge in [-0.3, -0.25) is 0 Å². The standard InChI is InChI=1S/C13H19ClN2/c1-16(2)13-11(14)7-4-8-12(13)15-9-10-5-3-6-10/h4,7-8,10,15H,3,5-6,9H2,1-2H3. The van der Waals surface area contributed by atoms with Crippen LogP contribution in [0.2, 0.25) is 5.02 Å². The second-order valence-corrected chi connectivity index (χ2v) is 5.12. The highest BCUT2D eigenvalue weighted by molar-refractivity contribution is 6.34. The summed E-state index contributed by atoms with van der Waals surface area (Å²) >= 11 is 6.21. The summed E-state index contributed by atoms with van der Waals surface area (Å²) in [6, 6.07) is 6.03. The lowest BCUT2D eigenvalue weighted by atomic mass is 9.85.